The Kier molecular flexibility index (Phi) is 7.07. The smallest absolute Gasteiger partial charge is 0.343 e. The Morgan fingerprint density at radius 2 is 1.50 bits per heavy atom. The van der Waals surface area contributed by atoms with Crippen molar-refractivity contribution in [2.45, 2.75) is 0 Å². The lowest BCUT2D eigenvalue weighted by molar-refractivity contribution is 0.0704. The number of ether oxygens (including phenoxy) is 4. The van der Waals surface area contributed by atoms with E-state index in [2.05, 4.69) is 0 Å². The van der Waals surface area contributed by atoms with Gasteiger partial charge in [0.15, 0.2) is 0 Å². The summed E-state index contributed by atoms with van der Waals surface area (Å²) in [5.41, 5.74) is 0.426. The first-order chi connectivity index (χ1) is 11.7. The molecule has 0 fully saturated rings. The van der Waals surface area contributed by atoms with Crippen LogP contribution in [0, 0.1) is 0 Å². The van der Waals surface area contributed by atoms with Crippen molar-refractivity contribution in [2.24, 2.45) is 0 Å². The predicted molar refractivity (Wildman–Crippen MR) is 87.8 cm³/mol. The van der Waals surface area contributed by atoms with Crippen LogP contribution in [0.1, 0.15) is 10.4 Å². The molecule has 0 saturated carbocycles. The lowest BCUT2D eigenvalue weighted by Gasteiger charge is -2.08. The summed E-state index contributed by atoms with van der Waals surface area (Å²) in [5, 5.41) is 8.58. The zero-order chi connectivity index (χ0) is 17.2. The number of hydrogen-bond acceptors (Lipinski definition) is 6. The number of aliphatic hydroxyl groups is 1. The maximum absolute atomic E-state index is 12.1. The van der Waals surface area contributed by atoms with Gasteiger partial charge < -0.3 is 24.1 Å². The lowest BCUT2D eigenvalue weighted by Crippen LogP contribution is -2.10. The molecule has 2 aromatic carbocycles. The minimum absolute atomic E-state index is 0.00892. The Morgan fingerprint density at radius 3 is 2.12 bits per heavy atom. The average molecular weight is 332 g/mol. The Hall–Kier alpha value is -2.57. The third-order valence-electron chi connectivity index (χ3n) is 3.09. The molecule has 1 N–H and O–H groups in total. The molecule has 0 bridgehead atoms. The Bertz CT molecular complexity index is 621. The van der Waals surface area contributed by atoms with Gasteiger partial charge in [-0.25, -0.2) is 4.79 Å². The fraction of sp³-hybridized carbons (Fsp3) is 0.278. The number of aliphatic hydroxyl groups excluding tert-OH is 1. The van der Waals surface area contributed by atoms with Gasteiger partial charge in [-0.2, -0.15) is 0 Å². The van der Waals surface area contributed by atoms with Crippen LogP contribution in [-0.2, 0) is 4.74 Å². The molecular formula is C18H20O6. The van der Waals surface area contributed by atoms with E-state index in [-0.39, 0.29) is 6.61 Å². The molecule has 0 saturated heterocycles. The van der Waals surface area contributed by atoms with E-state index < -0.39 is 5.97 Å². The highest BCUT2D eigenvalue weighted by Crippen LogP contribution is 2.19. The number of methoxy groups -OCH3 is 1. The normalized spacial score (nSPS) is 10.2. The second-order valence-electron chi connectivity index (χ2n) is 4.77. The van der Waals surface area contributed by atoms with Gasteiger partial charge >= 0.3 is 5.97 Å². The summed E-state index contributed by atoms with van der Waals surface area (Å²) < 4.78 is 20.9. The van der Waals surface area contributed by atoms with Crippen LogP contribution in [-0.4, -0.2) is 44.6 Å². The molecular weight excluding hydrogens is 312 g/mol. The zero-order valence-corrected chi connectivity index (χ0v) is 13.4. The summed E-state index contributed by atoms with van der Waals surface area (Å²) >= 11 is 0. The van der Waals surface area contributed by atoms with E-state index in [0.29, 0.717) is 42.6 Å². The summed E-state index contributed by atoms with van der Waals surface area (Å²) in [6.45, 7) is 1.04. The van der Waals surface area contributed by atoms with Gasteiger partial charge in [0.1, 0.15) is 23.9 Å². The van der Waals surface area contributed by atoms with E-state index in [0.717, 1.165) is 0 Å². The van der Waals surface area contributed by atoms with Crippen molar-refractivity contribution in [3.05, 3.63) is 54.1 Å². The van der Waals surface area contributed by atoms with Gasteiger partial charge in [-0.05, 0) is 48.5 Å². The second kappa shape index (κ2) is 9.54. The van der Waals surface area contributed by atoms with E-state index in [4.69, 9.17) is 24.1 Å². The molecule has 0 aliphatic heterocycles. The van der Waals surface area contributed by atoms with Crippen LogP contribution in [0.4, 0.5) is 0 Å². The van der Waals surface area contributed by atoms with E-state index >= 15 is 0 Å². The number of rotatable bonds is 9. The standard InChI is InChI=1S/C18H20O6/c1-21-15-6-8-17(9-7-15)24-18(20)14-2-4-16(5-3-14)23-13-12-22-11-10-19/h2-9,19H,10-13H2,1H3. The molecule has 0 radical (unpaired) electrons. The first-order valence-corrected chi connectivity index (χ1v) is 7.50. The topological polar surface area (TPSA) is 74.2 Å². The third-order valence-corrected chi connectivity index (χ3v) is 3.09. The first kappa shape index (κ1) is 17.8. The van der Waals surface area contributed by atoms with Crippen LogP contribution in [0.5, 0.6) is 17.2 Å². The summed E-state index contributed by atoms with van der Waals surface area (Å²) in [6.07, 6.45) is 0. The van der Waals surface area contributed by atoms with Crippen LogP contribution >= 0.6 is 0 Å². The Balaban J connectivity index is 1.83. The minimum atomic E-state index is -0.446. The molecule has 0 aromatic heterocycles. The highest BCUT2D eigenvalue weighted by atomic mass is 16.5. The van der Waals surface area contributed by atoms with E-state index in [1.807, 2.05) is 0 Å². The lowest BCUT2D eigenvalue weighted by atomic mass is 10.2. The molecule has 0 aliphatic carbocycles. The molecule has 2 rings (SSSR count). The van der Waals surface area contributed by atoms with Gasteiger partial charge in [-0.1, -0.05) is 0 Å². The van der Waals surface area contributed by atoms with Gasteiger partial charge in [0.25, 0.3) is 0 Å². The third kappa shape index (κ3) is 5.57. The molecule has 6 heteroatoms. The second-order valence-corrected chi connectivity index (χ2v) is 4.77. The van der Waals surface area contributed by atoms with Crippen LogP contribution in [0.15, 0.2) is 48.5 Å². The highest BCUT2D eigenvalue weighted by Gasteiger charge is 2.09. The quantitative estimate of drug-likeness (QED) is 0.431. The molecule has 0 spiro atoms. The molecule has 0 atom stereocenters. The van der Waals surface area contributed by atoms with Crippen LogP contribution < -0.4 is 14.2 Å². The van der Waals surface area contributed by atoms with Gasteiger partial charge in [-0.3, -0.25) is 0 Å². The molecule has 6 nitrogen and oxygen atoms in total. The van der Waals surface area contributed by atoms with Crippen molar-refractivity contribution in [2.75, 3.05) is 33.5 Å². The molecule has 128 valence electrons. The van der Waals surface area contributed by atoms with Crippen LogP contribution in [0.2, 0.25) is 0 Å². The first-order valence-electron chi connectivity index (χ1n) is 7.50. The summed E-state index contributed by atoms with van der Waals surface area (Å²) in [7, 11) is 1.57. The van der Waals surface area contributed by atoms with Crippen molar-refractivity contribution in [1.82, 2.24) is 0 Å². The van der Waals surface area contributed by atoms with Crippen molar-refractivity contribution in [3.63, 3.8) is 0 Å². The molecule has 0 unspecified atom stereocenters. The number of esters is 1. The predicted octanol–water partition coefficient (Wildman–Crippen LogP) is 2.30. The largest absolute Gasteiger partial charge is 0.497 e. The number of hydrogen-bond donors (Lipinski definition) is 1. The maximum atomic E-state index is 12.1. The molecule has 0 aliphatic rings. The van der Waals surface area contributed by atoms with Crippen molar-refractivity contribution >= 4 is 5.97 Å². The Labute approximate surface area is 140 Å². The van der Waals surface area contributed by atoms with Gasteiger partial charge in [0.2, 0.25) is 0 Å². The van der Waals surface area contributed by atoms with Gasteiger partial charge in [-0.15, -0.1) is 0 Å². The van der Waals surface area contributed by atoms with Crippen LogP contribution in [0.25, 0.3) is 0 Å². The summed E-state index contributed by atoms with van der Waals surface area (Å²) in [4.78, 5) is 12.1. The monoisotopic (exact) mass is 332 g/mol. The van der Waals surface area contributed by atoms with E-state index in [1.165, 1.54) is 0 Å². The summed E-state index contributed by atoms with van der Waals surface area (Å²) in [6, 6.07) is 13.4. The molecule has 0 heterocycles. The SMILES string of the molecule is COc1ccc(OC(=O)c2ccc(OCCOCCO)cc2)cc1. The molecule has 24 heavy (non-hydrogen) atoms. The fourth-order valence-electron chi connectivity index (χ4n) is 1.88. The fourth-order valence-corrected chi connectivity index (χ4v) is 1.88. The van der Waals surface area contributed by atoms with Crippen LogP contribution in [0.3, 0.4) is 0 Å². The minimum Gasteiger partial charge on any atom is -0.497 e. The molecule has 0 amide bonds. The Morgan fingerprint density at radius 1 is 0.875 bits per heavy atom. The van der Waals surface area contributed by atoms with E-state index in [1.54, 1.807) is 55.6 Å². The number of benzene rings is 2. The summed E-state index contributed by atoms with van der Waals surface area (Å²) in [5.74, 6) is 1.32. The van der Waals surface area contributed by atoms with Crippen molar-refractivity contribution in [3.8, 4) is 17.2 Å². The average Bonchev–Trinajstić information content (AvgIpc) is 2.62. The van der Waals surface area contributed by atoms with E-state index in [9.17, 15) is 4.79 Å². The molecule has 2 aromatic rings. The van der Waals surface area contributed by atoms with Crippen molar-refractivity contribution in [1.29, 1.82) is 0 Å². The number of carbonyl (C=O) groups is 1. The van der Waals surface area contributed by atoms with Gasteiger partial charge in [0.05, 0.1) is 32.5 Å². The zero-order valence-electron chi connectivity index (χ0n) is 13.4. The van der Waals surface area contributed by atoms with Gasteiger partial charge in [0, 0.05) is 0 Å². The van der Waals surface area contributed by atoms with Crippen molar-refractivity contribution < 1.29 is 28.8 Å². The highest BCUT2D eigenvalue weighted by molar-refractivity contribution is 5.91. The number of carbonyl (C=O) groups excluding carboxylic acids is 1. The maximum Gasteiger partial charge on any atom is 0.343 e.